The molecule has 1 aromatic carbocycles. The second-order valence-electron chi connectivity index (χ2n) is 6.13. The maximum Gasteiger partial charge on any atom is 0.119 e. The third-order valence-electron chi connectivity index (χ3n) is 4.68. The molecule has 3 heteroatoms. The van der Waals surface area contributed by atoms with Crippen molar-refractivity contribution < 1.29 is 4.74 Å². The van der Waals surface area contributed by atoms with Gasteiger partial charge in [0.2, 0.25) is 0 Å². The maximum atomic E-state index is 5.33. The van der Waals surface area contributed by atoms with Crippen molar-refractivity contribution in [1.82, 2.24) is 9.80 Å². The van der Waals surface area contributed by atoms with Gasteiger partial charge >= 0.3 is 0 Å². The lowest BCUT2D eigenvalue weighted by molar-refractivity contribution is 0.135. The molecule has 2 saturated heterocycles. The van der Waals surface area contributed by atoms with Gasteiger partial charge in [-0.15, -0.1) is 0 Å². The zero-order valence-electron chi connectivity index (χ0n) is 12.6. The highest BCUT2D eigenvalue weighted by molar-refractivity contribution is 5.28. The summed E-state index contributed by atoms with van der Waals surface area (Å²) in [5.41, 5.74) is 1.37. The van der Waals surface area contributed by atoms with Gasteiger partial charge in [-0.05, 0) is 56.6 Å². The molecule has 2 aliphatic rings. The number of methoxy groups -OCH3 is 1. The standard InChI is InChI=1S/C17H26N2O/c1-20-17-8-4-6-15(12-17)13-18-9-5-11-19-10-3-2-7-16(19)14-18/h4,6,8,12,16H,2-3,5,7,9-11,13-14H2,1H3. The SMILES string of the molecule is COc1cccc(CN2CCCN3CCCCC3C2)c1. The second kappa shape index (κ2) is 6.59. The highest BCUT2D eigenvalue weighted by Crippen LogP contribution is 2.22. The van der Waals surface area contributed by atoms with Gasteiger partial charge < -0.3 is 4.74 Å². The predicted molar refractivity (Wildman–Crippen MR) is 82.1 cm³/mol. The molecule has 0 radical (unpaired) electrons. The van der Waals surface area contributed by atoms with Crippen LogP contribution in [0.2, 0.25) is 0 Å². The first-order valence-corrected chi connectivity index (χ1v) is 7.94. The summed E-state index contributed by atoms with van der Waals surface area (Å²) in [6, 6.07) is 9.29. The second-order valence-corrected chi connectivity index (χ2v) is 6.13. The van der Waals surface area contributed by atoms with Crippen LogP contribution in [0.1, 0.15) is 31.2 Å². The van der Waals surface area contributed by atoms with Crippen LogP contribution in [0.4, 0.5) is 0 Å². The molecular formula is C17H26N2O. The minimum absolute atomic E-state index is 0.789. The fourth-order valence-electron chi connectivity index (χ4n) is 3.62. The summed E-state index contributed by atoms with van der Waals surface area (Å²) in [7, 11) is 1.74. The minimum Gasteiger partial charge on any atom is -0.497 e. The number of benzene rings is 1. The average Bonchev–Trinajstić information content (AvgIpc) is 2.69. The Hall–Kier alpha value is -1.06. The summed E-state index contributed by atoms with van der Waals surface area (Å²) < 4.78 is 5.33. The van der Waals surface area contributed by atoms with Crippen LogP contribution < -0.4 is 4.74 Å². The first kappa shape index (κ1) is 13.9. The molecule has 0 aliphatic carbocycles. The Morgan fingerprint density at radius 1 is 1.15 bits per heavy atom. The van der Waals surface area contributed by atoms with Crippen LogP contribution in [-0.2, 0) is 6.54 Å². The quantitative estimate of drug-likeness (QED) is 0.843. The van der Waals surface area contributed by atoms with Crippen LogP contribution in [0, 0.1) is 0 Å². The van der Waals surface area contributed by atoms with Gasteiger partial charge in [0.25, 0.3) is 0 Å². The molecular weight excluding hydrogens is 248 g/mol. The molecule has 2 heterocycles. The highest BCUT2D eigenvalue weighted by Gasteiger charge is 2.26. The van der Waals surface area contributed by atoms with Crippen LogP contribution in [-0.4, -0.2) is 49.1 Å². The molecule has 0 N–H and O–H groups in total. The number of rotatable bonds is 3. The van der Waals surface area contributed by atoms with E-state index in [-0.39, 0.29) is 0 Å². The monoisotopic (exact) mass is 274 g/mol. The number of fused-ring (bicyclic) bond motifs is 1. The van der Waals surface area contributed by atoms with E-state index >= 15 is 0 Å². The van der Waals surface area contributed by atoms with Crippen molar-refractivity contribution in [3.05, 3.63) is 29.8 Å². The van der Waals surface area contributed by atoms with E-state index in [1.807, 2.05) is 6.07 Å². The van der Waals surface area contributed by atoms with Crippen LogP contribution in [0.3, 0.4) is 0 Å². The van der Waals surface area contributed by atoms with E-state index in [9.17, 15) is 0 Å². The van der Waals surface area contributed by atoms with Crippen molar-refractivity contribution in [1.29, 1.82) is 0 Å². The molecule has 20 heavy (non-hydrogen) atoms. The lowest BCUT2D eigenvalue weighted by Crippen LogP contribution is -2.43. The van der Waals surface area contributed by atoms with Gasteiger partial charge in [-0.3, -0.25) is 9.80 Å². The van der Waals surface area contributed by atoms with E-state index in [0.29, 0.717) is 0 Å². The fourth-order valence-corrected chi connectivity index (χ4v) is 3.62. The normalized spacial score (nSPS) is 24.9. The lowest BCUT2D eigenvalue weighted by Gasteiger charge is -2.35. The van der Waals surface area contributed by atoms with Crippen molar-refractivity contribution in [3.63, 3.8) is 0 Å². The van der Waals surface area contributed by atoms with E-state index in [2.05, 4.69) is 28.0 Å². The molecule has 110 valence electrons. The van der Waals surface area contributed by atoms with Crippen molar-refractivity contribution in [2.75, 3.05) is 33.3 Å². The zero-order chi connectivity index (χ0) is 13.8. The highest BCUT2D eigenvalue weighted by atomic mass is 16.5. The summed E-state index contributed by atoms with van der Waals surface area (Å²) in [5.74, 6) is 0.969. The molecule has 2 aliphatic heterocycles. The number of piperidine rings is 1. The van der Waals surface area contributed by atoms with Gasteiger partial charge in [0, 0.05) is 19.1 Å². The van der Waals surface area contributed by atoms with Crippen LogP contribution in [0.5, 0.6) is 5.75 Å². The molecule has 1 atom stereocenters. The number of hydrogen-bond acceptors (Lipinski definition) is 3. The lowest BCUT2D eigenvalue weighted by atomic mass is 10.0. The molecule has 1 aromatic rings. The van der Waals surface area contributed by atoms with Crippen molar-refractivity contribution in [3.8, 4) is 5.75 Å². The van der Waals surface area contributed by atoms with E-state index in [1.165, 1.54) is 57.4 Å². The van der Waals surface area contributed by atoms with E-state index in [4.69, 9.17) is 4.74 Å². The predicted octanol–water partition coefficient (Wildman–Crippen LogP) is 2.76. The summed E-state index contributed by atoms with van der Waals surface area (Å²) in [6.45, 7) is 6.12. The number of ether oxygens (including phenoxy) is 1. The van der Waals surface area contributed by atoms with Crippen molar-refractivity contribution in [2.45, 2.75) is 38.3 Å². The molecule has 3 nitrogen and oxygen atoms in total. The topological polar surface area (TPSA) is 15.7 Å². The molecule has 0 aromatic heterocycles. The largest absolute Gasteiger partial charge is 0.497 e. The summed E-state index contributed by atoms with van der Waals surface area (Å²) in [4.78, 5) is 5.35. The Balaban J connectivity index is 1.64. The fraction of sp³-hybridized carbons (Fsp3) is 0.647. The van der Waals surface area contributed by atoms with E-state index in [1.54, 1.807) is 7.11 Å². The van der Waals surface area contributed by atoms with Gasteiger partial charge in [-0.2, -0.15) is 0 Å². The Kier molecular flexibility index (Phi) is 4.58. The van der Waals surface area contributed by atoms with Gasteiger partial charge in [0.1, 0.15) is 5.75 Å². The van der Waals surface area contributed by atoms with Crippen molar-refractivity contribution in [2.24, 2.45) is 0 Å². The maximum absolute atomic E-state index is 5.33. The Labute approximate surface area is 122 Å². The Bertz CT molecular complexity index is 435. The van der Waals surface area contributed by atoms with Gasteiger partial charge in [0.05, 0.1) is 7.11 Å². The Morgan fingerprint density at radius 2 is 2.05 bits per heavy atom. The zero-order valence-corrected chi connectivity index (χ0v) is 12.6. The van der Waals surface area contributed by atoms with Gasteiger partial charge in [0.15, 0.2) is 0 Å². The van der Waals surface area contributed by atoms with E-state index in [0.717, 1.165) is 18.3 Å². The number of nitrogens with zero attached hydrogens (tertiary/aromatic N) is 2. The molecule has 0 bridgehead atoms. The smallest absolute Gasteiger partial charge is 0.119 e. The van der Waals surface area contributed by atoms with Gasteiger partial charge in [-0.1, -0.05) is 18.6 Å². The van der Waals surface area contributed by atoms with E-state index < -0.39 is 0 Å². The molecule has 2 fully saturated rings. The molecule has 1 unspecified atom stereocenters. The summed E-state index contributed by atoms with van der Waals surface area (Å²) in [5, 5.41) is 0. The molecule has 0 saturated carbocycles. The third-order valence-corrected chi connectivity index (χ3v) is 4.68. The van der Waals surface area contributed by atoms with Gasteiger partial charge in [-0.25, -0.2) is 0 Å². The number of hydrogen-bond donors (Lipinski definition) is 0. The molecule has 3 rings (SSSR count). The average molecular weight is 274 g/mol. The van der Waals surface area contributed by atoms with Crippen LogP contribution in [0.25, 0.3) is 0 Å². The van der Waals surface area contributed by atoms with Crippen LogP contribution >= 0.6 is 0 Å². The summed E-state index contributed by atoms with van der Waals surface area (Å²) >= 11 is 0. The molecule has 0 amide bonds. The Morgan fingerprint density at radius 3 is 2.95 bits per heavy atom. The summed E-state index contributed by atoms with van der Waals surface area (Å²) in [6.07, 6.45) is 5.50. The first-order valence-electron chi connectivity index (χ1n) is 7.94. The van der Waals surface area contributed by atoms with Crippen LogP contribution in [0.15, 0.2) is 24.3 Å². The first-order chi connectivity index (χ1) is 9.85. The minimum atomic E-state index is 0.789. The third kappa shape index (κ3) is 3.33. The van der Waals surface area contributed by atoms with Crippen molar-refractivity contribution >= 4 is 0 Å². The molecule has 0 spiro atoms.